The highest BCUT2D eigenvalue weighted by atomic mass is 32.1. The summed E-state index contributed by atoms with van der Waals surface area (Å²) in [6, 6.07) is 13.7. The van der Waals surface area contributed by atoms with E-state index in [9.17, 15) is 4.79 Å². The molecule has 29 heavy (non-hydrogen) atoms. The predicted molar refractivity (Wildman–Crippen MR) is 115 cm³/mol. The lowest BCUT2D eigenvalue weighted by Gasteiger charge is -2.23. The first kappa shape index (κ1) is 21.0. The number of ether oxygens (including phenoxy) is 2. The first-order valence-corrected chi connectivity index (χ1v) is 10.4. The topological polar surface area (TPSA) is 51.7 Å². The highest BCUT2D eigenvalue weighted by Crippen LogP contribution is 2.22. The number of aryl methyl sites for hydroxylation is 1. The lowest BCUT2D eigenvalue weighted by atomic mass is 10.1. The number of thiophene rings is 1. The molecule has 0 saturated heterocycles. The summed E-state index contributed by atoms with van der Waals surface area (Å²) in [5.74, 6) is 0.809. The van der Waals surface area contributed by atoms with E-state index in [1.54, 1.807) is 19.5 Å². The first-order valence-electron chi connectivity index (χ1n) is 9.53. The van der Waals surface area contributed by atoms with E-state index in [4.69, 9.17) is 9.47 Å². The number of carbonyl (C=O) groups is 1. The van der Waals surface area contributed by atoms with Gasteiger partial charge in [0.25, 0.3) is 5.91 Å². The summed E-state index contributed by atoms with van der Waals surface area (Å²) < 4.78 is 11.1. The molecular weight excluding hydrogens is 384 g/mol. The van der Waals surface area contributed by atoms with Crippen LogP contribution in [-0.4, -0.2) is 35.6 Å². The van der Waals surface area contributed by atoms with Gasteiger partial charge in [-0.05, 0) is 66.2 Å². The van der Waals surface area contributed by atoms with Gasteiger partial charge in [0, 0.05) is 32.6 Å². The van der Waals surface area contributed by atoms with Gasteiger partial charge in [0.15, 0.2) is 0 Å². The largest absolute Gasteiger partial charge is 0.488 e. The van der Waals surface area contributed by atoms with E-state index in [0.717, 1.165) is 27.3 Å². The second kappa shape index (κ2) is 10.2. The fourth-order valence-electron chi connectivity index (χ4n) is 3.08. The van der Waals surface area contributed by atoms with Crippen molar-refractivity contribution in [2.75, 3.05) is 13.7 Å². The van der Waals surface area contributed by atoms with Gasteiger partial charge in [-0.2, -0.15) is 0 Å². The predicted octanol–water partition coefficient (Wildman–Crippen LogP) is 4.71. The zero-order valence-corrected chi connectivity index (χ0v) is 17.8. The first-order chi connectivity index (χ1) is 14.1. The molecule has 3 aromatic rings. The third kappa shape index (κ3) is 5.89. The maximum Gasteiger partial charge on any atom is 0.264 e. The molecule has 0 saturated carbocycles. The van der Waals surface area contributed by atoms with E-state index >= 15 is 0 Å². The number of amides is 1. The van der Waals surface area contributed by atoms with Crippen molar-refractivity contribution >= 4 is 17.2 Å². The van der Waals surface area contributed by atoms with Crippen molar-refractivity contribution in [2.24, 2.45) is 0 Å². The molecule has 0 unspecified atom stereocenters. The summed E-state index contributed by atoms with van der Waals surface area (Å²) in [6.07, 6.45) is 3.46. The number of benzene rings is 1. The van der Waals surface area contributed by atoms with Crippen molar-refractivity contribution in [3.05, 3.63) is 81.8 Å². The fourth-order valence-corrected chi connectivity index (χ4v) is 3.97. The summed E-state index contributed by atoms with van der Waals surface area (Å²) in [4.78, 5) is 20.0. The van der Waals surface area contributed by atoms with Crippen molar-refractivity contribution in [2.45, 2.75) is 33.0 Å². The molecule has 6 heteroatoms. The Hall–Kier alpha value is -2.70. The van der Waals surface area contributed by atoms with Crippen LogP contribution >= 0.6 is 11.3 Å². The molecule has 0 aliphatic rings. The van der Waals surface area contributed by atoms with Gasteiger partial charge in [0.05, 0.1) is 11.5 Å². The van der Waals surface area contributed by atoms with Gasteiger partial charge in [-0.1, -0.05) is 12.1 Å². The van der Waals surface area contributed by atoms with Crippen LogP contribution in [-0.2, 0) is 17.8 Å². The van der Waals surface area contributed by atoms with Gasteiger partial charge in [0.1, 0.15) is 11.9 Å². The minimum absolute atomic E-state index is 0.0355. The number of hydrogen-bond acceptors (Lipinski definition) is 5. The summed E-state index contributed by atoms with van der Waals surface area (Å²) >= 11 is 1.48. The summed E-state index contributed by atoms with van der Waals surface area (Å²) in [6.45, 7) is 5.47. The Bertz CT molecular complexity index is 927. The van der Waals surface area contributed by atoms with Gasteiger partial charge >= 0.3 is 0 Å². The number of pyridine rings is 1. The quantitative estimate of drug-likeness (QED) is 0.513. The number of aromatic nitrogens is 1. The highest BCUT2D eigenvalue weighted by molar-refractivity contribution is 7.12. The zero-order valence-electron chi connectivity index (χ0n) is 17.0. The van der Waals surface area contributed by atoms with Crippen LogP contribution in [0.3, 0.4) is 0 Å². The van der Waals surface area contributed by atoms with E-state index in [2.05, 4.69) is 4.98 Å². The van der Waals surface area contributed by atoms with Gasteiger partial charge < -0.3 is 14.4 Å². The summed E-state index contributed by atoms with van der Waals surface area (Å²) in [5.41, 5.74) is 3.07. The third-order valence-electron chi connectivity index (χ3n) is 4.48. The molecule has 0 N–H and O–H groups in total. The van der Waals surface area contributed by atoms with Gasteiger partial charge in [-0.3, -0.25) is 9.78 Å². The van der Waals surface area contributed by atoms with E-state index in [1.165, 1.54) is 11.3 Å². The van der Waals surface area contributed by atoms with Crippen LogP contribution in [0.5, 0.6) is 5.75 Å². The van der Waals surface area contributed by atoms with Crippen LogP contribution in [0.4, 0.5) is 0 Å². The Morgan fingerprint density at radius 1 is 1.14 bits per heavy atom. The maximum atomic E-state index is 13.3. The minimum Gasteiger partial charge on any atom is -0.488 e. The molecule has 0 aliphatic carbocycles. The van der Waals surface area contributed by atoms with E-state index < -0.39 is 0 Å². The van der Waals surface area contributed by atoms with Crippen molar-refractivity contribution in [1.82, 2.24) is 9.88 Å². The van der Waals surface area contributed by atoms with Crippen LogP contribution in [0, 0.1) is 6.92 Å². The Morgan fingerprint density at radius 3 is 2.59 bits per heavy atom. The van der Waals surface area contributed by atoms with Crippen molar-refractivity contribution < 1.29 is 14.3 Å². The van der Waals surface area contributed by atoms with Crippen LogP contribution in [0.15, 0.2) is 60.2 Å². The number of hydrogen-bond donors (Lipinski definition) is 0. The smallest absolute Gasteiger partial charge is 0.264 e. The second-order valence-corrected chi connectivity index (χ2v) is 7.90. The van der Waals surface area contributed by atoms with Gasteiger partial charge in [-0.15, -0.1) is 11.3 Å². The lowest BCUT2D eigenvalue weighted by molar-refractivity contribution is 0.0733. The van der Waals surface area contributed by atoms with E-state index in [0.29, 0.717) is 19.7 Å². The molecule has 2 heterocycles. The Morgan fingerprint density at radius 2 is 1.90 bits per heavy atom. The highest BCUT2D eigenvalue weighted by Gasteiger charge is 2.20. The molecule has 1 atom stereocenters. The molecule has 1 amide bonds. The minimum atomic E-state index is -0.0430. The molecule has 0 bridgehead atoms. The standard InChI is InChI=1S/C23H26N2O3S/c1-17-9-12-29-22(17)23(26)25(14-19-7-10-24-11-8-19)15-20-5-4-6-21(13-20)28-18(2)16-27-3/h4-13,18H,14-16H2,1-3H3/t18-/m0/s1. The molecule has 0 aliphatic heterocycles. The van der Waals surface area contributed by atoms with Crippen molar-refractivity contribution in [1.29, 1.82) is 0 Å². The lowest BCUT2D eigenvalue weighted by Crippen LogP contribution is -2.30. The van der Waals surface area contributed by atoms with Crippen LogP contribution < -0.4 is 4.74 Å². The normalized spacial score (nSPS) is 11.8. The molecule has 1 aromatic carbocycles. The number of rotatable bonds is 9. The SMILES string of the molecule is COC[C@H](C)Oc1cccc(CN(Cc2ccncc2)C(=O)c2sccc2C)c1. The molecule has 0 radical (unpaired) electrons. The third-order valence-corrected chi connectivity index (χ3v) is 5.48. The van der Waals surface area contributed by atoms with Crippen molar-refractivity contribution in [3.63, 3.8) is 0 Å². The Labute approximate surface area is 175 Å². The Kier molecular flexibility index (Phi) is 7.38. The van der Waals surface area contributed by atoms with E-state index in [1.807, 2.05) is 66.6 Å². The second-order valence-electron chi connectivity index (χ2n) is 6.98. The fraction of sp³-hybridized carbons (Fsp3) is 0.304. The van der Waals surface area contributed by atoms with Gasteiger partial charge in [-0.25, -0.2) is 0 Å². The van der Waals surface area contributed by atoms with Gasteiger partial charge in [0.2, 0.25) is 0 Å². The summed E-state index contributed by atoms with van der Waals surface area (Å²) in [7, 11) is 1.66. The van der Waals surface area contributed by atoms with E-state index in [-0.39, 0.29) is 12.0 Å². The molecule has 0 spiro atoms. The number of carbonyl (C=O) groups excluding carboxylic acids is 1. The molecule has 152 valence electrons. The van der Waals surface area contributed by atoms with Crippen LogP contribution in [0.25, 0.3) is 0 Å². The molecular formula is C23H26N2O3S. The summed E-state index contributed by atoms with van der Waals surface area (Å²) in [5, 5.41) is 1.96. The average molecular weight is 411 g/mol. The monoisotopic (exact) mass is 410 g/mol. The zero-order chi connectivity index (χ0) is 20.6. The van der Waals surface area contributed by atoms with Crippen molar-refractivity contribution in [3.8, 4) is 5.75 Å². The number of nitrogens with zero attached hydrogens (tertiary/aromatic N) is 2. The average Bonchev–Trinajstić information content (AvgIpc) is 3.14. The van der Waals surface area contributed by atoms with Crippen LogP contribution in [0.1, 0.15) is 33.3 Å². The van der Waals surface area contributed by atoms with Crippen LogP contribution in [0.2, 0.25) is 0 Å². The Balaban J connectivity index is 1.81. The molecule has 3 rings (SSSR count). The molecule has 2 aromatic heterocycles. The number of methoxy groups -OCH3 is 1. The maximum absolute atomic E-state index is 13.3. The molecule has 5 nitrogen and oxygen atoms in total. The molecule has 0 fully saturated rings.